The maximum Gasteiger partial charge on any atom is 0.506 e. The van der Waals surface area contributed by atoms with Crippen LogP contribution in [-0.4, -0.2) is 75.3 Å². The molecule has 2 aromatic carbocycles. The van der Waals surface area contributed by atoms with E-state index in [4.69, 9.17) is 33.0 Å². The molecule has 1 fully saturated rings. The number of nitrogens with zero attached hydrogens (tertiary/aromatic N) is 4. The van der Waals surface area contributed by atoms with Gasteiger partial charge in [-0.15, -0.1) is 24.9 Å². The van der Waals surface area contributed by atoms with Crippen LogP contribution < -0.4 is 0 Å². The van der Waals surface area contributed by atoms with E-state index in [0.717, 1.165) is 30.0 Å². The normalized spacial score (nSPS) is 18.5. The van der Waals surface area contributed by atoms with Crippen LogP contribution in [0.2, 0.25) is 0 Å². The minimum absolute atomic E-state index is 0.0475. The molecule has 1 saturated heterocycles. The highest BCUT2D eigenvalue weighted by Gasteiger charge is 2.56. The third-order valence-corrected chi connectivity index (χ3v) is 11.1. The lowest BCUT2D eigenvalue weighted by atomic mass is 9.78. The van der Waals surface area contributed by atoms with E-state index < -0.39 is 66.5 Å². The number of hydrogen-bond acceptors (Lipinski definition) is 12. The Hall–Kier alpha value is -4.53. The maximum absolute atomic E-state index is 15.9. The van der Waals surface area contributed by atoms with Crippen LogP contribution in [0.15, 0.2) is 92.6 Å². The van der Waals surface area contributed by atoms with Crippen LogP contribution in [0, 0.1) is 28.8 Å². The summed E-state index contributed by atoms with van der Waals surface area (Å²) in [5.74, 6) is -2.57. The third-order valence-electron chi connectivity index (χ3n) is 7.97. The number of allylic oxidation sites excluding steroid dienone is 2. The number of rotatable bonds is 20. The zero-order valence-electron chi connectivity index (χ0n) is 29.1. The van der Waals surface area contributed by atoms with E-state index in [1.54, 1.807) is 25.2 Å². The molecule has 2 heterocycles. The van der Waals surface area contributed by atoms with Crippen LogP contribution in [-0.2, 0) is 44.5 Å². The van der Waals surface area contributed by atoms with E-state index in [-0.39, 0.29) is 49.5 Å². The van der Waals surface area contributed by atoms with Crippen LogP contribution in [0.4, 0.5) is 18.0 Å². The van der Waals surface area contributed by atoms with Crippen molar-refractivity contribution in [2.75, 3.05) is 33.0 Å². The lowest BCUT2D eigenvalue weighted by Gasteiger charge is -2.48. The number of nitriles is 1. The molecular formula is C36H38F3N4O9PS. The molecule has 0 amide bonds. The molecule has 18 heteroatoms. The SMILES string of the molecule is C=CCOP(=O)(OCC=C)OCC[C@@](C)(SC1COC(/C=C/C=C/c2ccc(C#N)cc2F)OC1)[C@@](Cn1cncn1)(OC(=O)O)c1ccc(F)cc1F. The van der Waals surface area contributed by atoms with Gasteiger partial charge < -0.3 is 19.3 Å². The lowest BCUT2D eigenvalue weighted by Crippen LogP contribution is -2.55. The molecule has 0 spiro atoms. The highest BCUT2D eigenvalue weighted by molar-refractivity contribution is 8.01. The Morgan fingerprint density at radius 1 is 1.11 bits per heavy atom. The van der Waals surface area contributed by atoms with E-state index in [9.17, 15) is 23.2 Å². The van der Waals surface area contributed by atoms with Gasteiger partial charge in [0.15, 0.2) is 11.9 Å². The minimum atomic E-state index is -4.21. The van der Waals surface area contributed by atoms with Crippen molar-refractivity contribution < 1.29 is 55.4 Å². The molecule has 0 saturated carbocycles. The van der Waals surface area contributed by atoms with E-state index >= 15 is 4.39 Å². The molecule has 1 aromatic heterocycles. The Labute approximate surface area is 314 Å². The third kappa shape index (κ3) is 11.2. The highest BCUT2D eigenvalue weighted by Crippen LogP contribution is 2.54. The van der Waals surface area contributed by atoms with Gasteiger partial charge in [0.2, 0.25) is 0 Å². The van der Waals surface area contributed by atoms with Gasteiger partial charge in [-0.1, -0.05) is 36.4 Å². The molecule has 1 aliphatic heterocycles. The molecule has 3 aromatic rings. The van der Waals surface area contributed by atoms with Crippen LogP contribution in [0.3, 0.4) is 0 Å². The Bertz CT molecular complexity index is 1890. The number of phosphoric ester groups is 1. The second-order valence-electron chi connectivity index (χ2n) is 11.7. The molecule has 0 aliphatic carbocycles. The average Bonchev–Trinajstić information content (AvgIpc) is 3.65. The van der Waals surface area contributed by atoms with Gasteiger partial charge in [-0.05, 0) is 43.7 Å². The molecule has 13 nitrogen and oxygen atoms in total. The smallest absolute Gasteiger partial charge is 0.450 e. The first-order valence-electron chi connectivity index (χ1n) is 16.3. The fourth-order valence-corrected chi connectivity index (χ4v) is 8.19. The summed E-state index contributed by atoms with van der Waals surface area (Å²) >= 11 is 1.12. The van der Waals surface area contributed by atoms with Gasteiger partial charge in [-0.25, -0.2) is 32.2 Å². The van der Waals surface area contributed by atoms with Crippen molar-refractivity contribution >= 4 is 31.8 Å². The van der Waals surface area contributed by atoms with Gasteiger partial charge in [0.1, 0.15) is 30.1 Å². The lowest BCUT2D eigenvalue weighted by molar-refractivity contribution is -0.146. The summed E-state index contributed by atoms with van der Waals surface area (Å²) in [6.45, 7) is 7.55. The van der Waals surface area contributed by atoms with E-state index in [1.807, 2.05) is 6.07 Å². The van der Waals surface area contributed by atoms with E-state index in [0.29, 0.717) is 6.07 Å². The topological polar surface area (TPSA) is 164 Å². The number of carboxylic acid groups (broad SMARTS) is 1. The molecule has 0 unspecified atom stereocenters. The zero-order valence-corrected chi connectivity index (χ0v) is 30.8. The van der Waals surface area contributed by atoms with Crippen LogP contribution in [0.25, 0.3) is 6.08 Å². The summed E-state index contributed by atoms with van der Waals surface area (Å²) in [5.41, 5.74) is -2.03. The van der Waals surface area contributed by atoms with E-state index in [1.165, 1.54) is 47.7 Å². The summed E-state index contributed by atoms with van der Waals surface area (Å²) < 4.78 is 91.3. The first-order chi connectivity index (χ1) is 25.9. The van der Waals surface area contributed by atoms with Crippen molar-refractivity contribution in [2.45, 2.75) is 41.8 Å². The molecule has 1 N–H and O–H groups in total. The van der Waals surface area contributed by atoms with Crippen molar-refractivity contribution in [1.82, 2.24) is 14.8 Å². The average molecular weight is 791 g/mol. The molecule has 0 bridgehead atoms. The summed E-state index contributed by atoms with van der Waals surface area (Å²) in [6, 6.07) is 8.64. The van der Waals surface area contributed by atoms with Crippen LogP contribution in [0.5, 0.6) is 0 Å². The monoisotopic (exact) mass is 790 g/mol. The van der Waals surface area contributed by atoms with Crippen molar-refractivity contribution in [2.24, 2.45) is 0 Å². The van der Waals surface area contributed by atoms with Gasteiger partial charge in [0.05, 0.1) is 61.2 Å². The summed E-state index contributed by atoms with van der Waals surface area (Å²) in [4.78, 5) is 16.4. The predicted molar refractivity (Wildman–Crippen MR) is 192 cm³/mol. The number of halogens is 3. The molecule has 54 heavy (non-hydrogen) atoms. The summed E-state index contributed by atoms with van der Waals surface area (Å²) in [6.07, 6.45) is 8.63. The number of thioether (sulfide) groups is 1. The number of benzene rings is 2. The highest BCUT2D eigenvalue weighted by atomic mass is 32.2. The first-order valence-corrected chi connectivity index (χ1v) is 18.6. The number of hydrogen-bond donors (Lipinski definition) is 1. The number of carbonyl (C=O) groups is 1. The molecule has 1 aliphatic rings. The largest absolute Gasteiger partial charge is 0.506 e. The van der Waals surface area contributed by atoms with Crippen LogP contribution in [0.1, 0.15) is 30.0 Å². The second-order valence-corrected chi connectivity index (χ2v) is 15.2. The molecule has 0 radical (unpaired) electrons. The molecular weight excluding hydrogens is 752 g/mol. The van der Waals surface area contributed by atoms with Crippen LogP contribution >= 0.6 is 19.6 Å². The first kappa shape index (κ1) is 42.2. The number of phosphoric acid groups is 1. The minimum Gasteiger partial charge on any atom is -0.450 e. The number of ether oxygens (including phenoxy) is 3. The Balaban J connectivity index is 1.65. The maximum atomic E-state index is 15.9. The molecule has 288 valence electrons. The molecule has 2 atom stereocenters. The Morgan fingerprint density at radius 2 is 1.83 bits per heavy atom. The fraction of sp³-hybridized carbons (Fsp3) is 0.333. The summed E-state index contributed by atoms with van der Waals surface area (Å²) in [5, 5.41) is 22.6. The van der Waals surface area contributed by atoms with Gasteiger partial charge in [0.25, 0.3) is 0 Å². The summed E-state index contributed by atoms with van der Waals surface area (Å²) in [7, 11) is -4.21. The zero-order chi connectivity index (χ0) is 39.2. The van der Waals surface area contributed by atoms with Crippen molar-refractivity contribution in [3.8, 4) is 6.07 Å². The fourth-order valence-electron chi connectivity index (χ4n) is 5.44. The van der Waals surface area contributed by atoms with Crippen molar-refractivity contribution in [3.05, 3.63) is 127 Å². The van der Waals surface area contributed by atoms with Crippen molar-refractivity contribution in [1.29, 1.82) is 5.26 Å². The number of aromatic nitrogens is 3. The second kappa shape index (κ2) is 19.7. The quantitative estimate of drug-likeness (QED) is 0.0516. The Kier molecular flexibility index (Phi) is 15.4. The van der Waals surface area contributed by atoms with Gasteiger partial charge in [-0.2, -0.15) is 10.4 Å². The predicted octanol–water partition coefficient (Wildman–Crippen LogP) is 7.58. The Morgan fingerprint density at radius 3 is 2.43 bits per heavy atom. The van der Waals surface area contributed by atoms with Gasteiger partial charge in [-0.3, -0.25) is 13.6 Å². The van der Waals surface area contributed by atoms with E-state index in [2.05, 4.69) is 23.2 Å². The van der Waals surface area contributed by atoms with Gasteiger partial charge in [0, 0.05) is 17.2 Å². The standard InChI is InChI=1S/C36H38F3N4O9PS/c1-4-15-49-53(46,50-16-5-2)51-17-14-35(3,36(52-34(44)45,23-43-25-41-24-42-43)30-13-12-28(37)19-32(30)39)54-29-21-47-33(48-22-29)9-7-6-8-27-11-10-26(20-40)18-31(27)38/h4-13,18-19,24-25,29,33H,1-2,14-17,21-23H2,3H3,(H,44,45)/b8-6+,9-7+/t29?,33?,35-,36+/m1/s1. The van der Waals surface area contributed by atoms with Gasteiger partial charge >= 0.3 is 14.0 Å². The van der Waals surface area contributed by atoms with Crippen molar-refractivity contribution in [3.63, 3.8) is 0 Å². The molecule has 4 rings (SSSR count).